The van der Waals surface area contributed by atoms with Crippen LogP contribution in [0, 0.1) is 0 Å². The number of likely N-dealkylation sites (tertiary alicyclic amines) is 1. The molecule has 1 unspecified atom stereocenters. The maximum absolute atomic E-state index is 13.4. The molecule has 2 aromatic carbocycles. The molecule has 1 atom stereocenters. The first-order valence-corrected chi connectivity index (χ1v) is 10.9. The second-order valence-electron chi connectivity index (χ2n) is 8.45. The molecule has 2 amide bonds. The van der Waals surface area contributed by atoms with Gasteiger partial charge in [-0.05, 0) is 61.6 Å². The van der Waals surface area contributed by atoms with Gasteiger partial charge in [-0.2, -0.15) is 0 Å². The van der Waals surface area contributed by atoms with Crippen molar-refractivity contribution in [2.75, 3.05) is 37.0 Å². The molecule has 0 bridgehead atoms. The molecule has 3 aliphatic heterocycles. The van der Waals surface area contributed by atoms with Crippen LogP contribution in [0.3, 0.4) is 0 Å². The fraction of sp³-hybridized carbons (Fsp3) is 0.417. The topological polar surface area (TPSA) is 82.1 Å². The van der Waals surface area contributed by atoms with Gasteiger partial charge in [0.15, 0.2) is 0 Å². The first-order valence-electron chi connectivity index (χ1n) is 10.9. The summed E-state index contributed by atoms with van der Waals surface area (Å²) in [4.78, 5) is 29.6. The molecule has 1 saturated heterocycles. The molecule has 2 aromatic rings. The highest BCUT2D eigenvalue weighted by Crippen LogP contribution is 2.45. The molecule has 1 fully saturated rings. The molecule has 31 heavy (non-hydrogen) atoms. The highest BCUT2D eigenvalue weighted by Gasteiger charge is 2.40. The second-order valence-corrected chi connectivity index (χ2v) is 8.45. The van der Waals surface area contributed by atoms with Gasteiger partial charge >= 0.3 is 0 Å². The Morgan fingerprint density at radius 1 is 1.10 bits per heavy atom. The van der Waals surface area contributed by atoms with E-state index in [-0.39, 0.29) is 17.6 Å². The van der Waals surface area contributed by atoms with Gasteiger partial charge in [-0.25, -0.2) is 0 Å². The lowest BCUT2D eigenvalue weighted by molar-refractivity contribution is -0.147. The summed E-state index contributed by atoms with van der Waals surface area (Å²) in [5.41, 5.74) is 4.39. The Morgan fingerprint density at radius 2 is 1.84 bits per heavy atom. The molecule has 7 heteroatoms. The summed E-state index contributed by atoms with van der Waals surface area (Å²) in [5.74, 6) is 0.481. The SMILES string of the molecule is COc1ccc(NC(=O)C(c2cc3c4c(c2O)CCCN4CCC3)N2CCC2=O)cc1. The Morgan fingerprint density at radius 3 is 2.48 bits per heavy atom. The third-order valence-corrected chi connectivity index (χ3v) is 6.62. The van der Waals surface area contributed by atoms with Crippen LogP contribution in [0.5, 0.6) is 11.5 Å². The van der Waals surface area contributed by atoms with Gasteiger partial charge in [0.05, 0.1) is 7.11 Å². The third-order valence-electron chi connectivity index (χ3n) is 6.62. The van der Waals surface area contributed by atoms with Crippen LogP contribution < -0.4 is 15.0 Å². The number of methoxy groups -OCH3 is 1. The summed E-state index contributed by atoms with van der Waals surface area (Å²) < 4.78 is 5.18. The Kier molecular flexibility index (Phi) is 4.96. The third kappa shape index (κ3) is 3.38. The number of rotatable bonds is 5. The van der Waals surface area contributed by atoms with E-state index in [1.165, 1.54) is 5.56 Å². The summed E-state index contributed by atoms with van der Waals surface area (Å²) in [7, 11) is 1.59. The molecule has 0 aliphatic carbocycles. The number of carbonyl (C=O) groups is 2. The number of ether oxygens (including phenoxy) is 1. The Hall–Kier alpha value is -3.22. The number of anilines is 2. The zero-order valence-corrected chi connectivity index (χ0v) is 17.7. The van der Waals surface area contributed by atoms with E-state index in [1.807, 2.05) is 6.07 Å². The van der Waals surface area contributed by atoms with Gasteiger partial charge in [0.2, 0.25) is 5.91 Å². The number of nitrogens with one attached hydrogen (secondary N) is 1. The number of hydrogen-bond acceptors (Lipinski definition) is 5. The van der Waals surface area contributed by atoms with Crippen LogP contribution in [0.15, 0.2) is 30.3 Å². The molecule has 0 radical (unpaired) electrons. The smallest absolute Gasteiger partial charge is 0.251 e. The number of β-lactam (4-membered cyclic amide) rings is 1. The molecule has 2 N–H and O–H groups in total. The Bertz CT molecular complexity index is 1030. The Labute approximate surface area is 181 Å². The molecular formula is C24H27N3O4. The van der Waals surface area contributed by atoms with E-state index in [0.29, 0.717) is 30.0 Å². The van der Waals surface area contributed by atoms with Gasteiger partial charge in [-0.1, -0.05) is 0 Å². The van der Waals surface area contributed by atoms with Gasteiger partial charge in [0.25, 0.3) is 5.91 Å². The molecule has 3 aliphatic rings. The van der Waals surface area contributed by atoms with E-state index in [1.54, 1.807) is 36.3 Å². The molecule has 0 aromatic heterocycles. The lowest BCUT2D eigenvalue weighted by atomic mass is 9.86. The molecule has 5 rings (SSSR count). The van der Waals surface area contributed by atoms with Crippen molar-refractivity contribution in [2.24, 2.45) is 0 Å². The number of aromatic hydroxyl groups is 1. The number of benzene rings is 2. The first kappa shape index (κ1) is 19.7. The van der Waals surface area contributed by atoms with Crippen LogP contribution >= 0.6 is 0 Å². The van der Waals surface area contributed by atoms with Gasteiger partial charge in [-0.3, -0.25) is 9.59 Å². The van der Waals surface area contributed by atoms with Crippen molar-refractivity contribution in [3.8, 4) is 11.5 Å². The normalized spacial score (nSPS) is 18.2. The summed E-state index contributed by atoms with van der Waals surface area (Å²) >= 11 is 0. The van der Waals surface area contributed by atoms with Gasteiger partial charge in [-0.15, -0.1) is 0 Å². The van der Waals surface area contributed by atoms with Gasteiger partial charge < -0.3 is 25.0 Å². The van der Waals surface area contributed by atoms with E-state index in [2.05, 4.69) is 10.2 Å². The van der Waals surface area contributed by atoms with E-state index < -0.39 is 6.04 Å². The maximum Gasteiger partial charge on any atom is 0.251 e. The quantitative estimate of drug-likeness (QED) is 0.726. The molecule has 7 nitrogen and oxygen atoms in total. The van der Waals surface area contributed by atoms with Crippen molar-refractivity contribution in [2.45, 2.75) is 38.1 Å². The Balaban J connectivity index is 1.53. The minimum atomic E-state index is -0.845. The number of hydrogen-bond donors (Lipinski definition) is 2. The average molecular weight is 421 g/mol. The summed E-state index contributed by atoms with van der Waals surface area (Å²) in [6.45, 7) is 2.52. The van der Waals surface area contributed by atoms with E-state index in [4.69, 9.17) is 4.74 Å². The second kappa shape index (κ2) is 7.80. The lowest BCUT2D eigenvalue weighted by Crippen LogP contribution is -2.49. The largest absolute Gasteiger partial charge is 0.507 e. The highest BCUT2D eigenvalue weighted by atomic mass is 16.5. The zero-order valence-electron chi connectivity index (χ0n) is 17.7. The van der Waals surface area contributed by atoms with Crippen molar-refractivity contribution in [3.05, 3.63) is 47.0 Å². The summed E-state index contributed by atoms with van der Waals surface area (Å²) in [6, 6.07) is 8.18. The number of nitrogens with zero attached hydrogens (tertiary/aromatic N) is 2. The monoisotopic (exact) mass is 421 g/mol. The minimum absolute atomic E-state index is 0.0673. The van der Waals surface area contributed by atoms with Crippen molar-refractivity contribution in [3.63, 3.8) is 0 Å². The van der Waals surface area contributed by atoms with Crippen LogP contribution in [-0.4, -0.2) is 48.6 Å². The van der Waals surface area contributed by atoms with Crippen LogP contribution in [0.4, 0.5) is 11.4 Å². The highest BCUT2D eigenvalue weighted by molar-refractivity contribution is 5.99. The van der Waals surface area contributed by atoms with Gasteiger partial charge in [0.1, 0.15) is 17.5 Å². The van der Waals surface area contributed by atoms with E-state index in [9.17, 15) is 14.7 Å². The van der Waals surface area contributed by atoms with Crippen molar-refractivity contribution >= 4 is 23.2 Å². The summed E-state index contributed by atoms with van der Waals surface area (Å²) in [5, 5.41) is 14.2. The van der Waals surface area contributed by atoms with Crippen molar-refractivity contribution in [1.29, 1.82) is 0 Å². The number of phenolic OH excluding ortho intramolecular Hbond substituents is 1. The average Bonchev–Trinajstić information content (AvgIpc) is 2.79. The predicted molar refractivity (Wildman–Crippen MR) is 118 cm³/mol. The number of carbonyl (C=O) groups excluding carboxylic acids is 2. The predicted octanol–water partition coefficient (Wildman–Crippen LogP) is 3.01. The lowest BCUT2D eigenvalue weighted by Gasteiger charge is -2.41. The minimum Gasteiger partial charge on any atom is -0.507 e. The van der Waals surface area contributed by atoms with E-state index >= 15 is 0 Å². The van der Waals surface area contributed by atoms with Gasteiger partial charge in [0, 0.05) is 48.6 Å². The number of amides is 2. The number of phenols is 1. The van der Waals surface area contributed by atoms with Crippen LogP contribution in [0.25, 0.3) is 0 Å². The fourth-order valence-corrected chi connectivity index (χ4v) is 5.02. The standard InChI is InChI=1S/C24H27N3O4/c1-31-17-8-6-16(7-9-17)25-24(30)22(27-13-10-20(27)28)19-14-15-4-2-11-26-12-3-5-18(21(15)26)23(19)29/h6-9,14,22,29H,2-5,10-13H2,1H3,(H,25,30). The summed E-state index contributed by atoms with van der Waals surface area (Å²) in [6.07, 6.45) is 4.18. The van der Waals surface area contributed by atoms with E-state index in [0.717, 1.165) is 50.0 Å². The molecular weight excluding hydrogens is 394 g/mol. The van der Waals surface area contributed by atoms with Crippen LogP contribution in [0.1, 0.15) is 42.0 Å². The maximum atomic E-state index is 13.4. The van der Waals surface area contributed by atoms with Crippen LogP contribution in [-0.2, 0) is 22.4 Å². The van der Waals surface area contributed by atoms with Crippen LogP contribution in [0.2, 0.25) is 0 Å². The van der Waals surface area contributed by atoms with Crippen molar-refractivity contribution in [1.82, 2.24) is 4.90 Å². The zero-order chi connectivity index (χ0) is 21.5. The molecule has 0 saturated carbocycles. The first-order chi connectivity index (χ1) is 15.1. The molecule has 3 heterocycles. The molecule has 0 spiro atoms. The van der Waals surface area contributed by atoms with Crippen molar-refractivity contribution < 1.29 is 19.4 Å². The fourth-order valence-electron chi connectivity index (χ4n) is 5.02. The number of aryl methyl sites for hydroxylation is 1. The molecule has 162 valence electrons.